The van der Waals surface area contributed by atoms with E-state index in [9.17, 15) is 4.79 Å². The van der Waals surface area contributed by atoms with E-state index in [1.807, 2.05) is 32.9 Å². The fourth-order valence-corrected chi connectivity index (χ4v) is 9.36. The van der Waals surface area contributed by atoms with Crippen molar-refractivity contribution >= 4 is 47.4 Å². The Hall–Kier alpha value is -1.42. The number of amides is 1. The maximum Gasteiger partial charge on any atom is 0.407 e. The van der Waals surface area contributed by atoms with Crippen LogP contribution in [0.3, 0.4) is 0 Å². The van der Waals surface area contributed by atoms with Gasteiger partial charge in [0.15, 0.2) is 0 Å². The highest BCUT2D eigenvalue weighted by molar-refractivity contribution is 14.1. The fraction of sp³-hybridized carbons (Fsp3) is 0.500. The van der Waals surface area contributed by atoms with Gasteiger partial charge in [-0.1, -0.05) is 104 Å². The highest BCUT2D eigenvalue weighted by Gasteiger charge is 2.50. The summed E-state index contributed by atoms with van der Waals surface area (Å²) in [5.74, 6) is 0. The molecule has 2 atom stereocenters. The predicted molar refractivity (Wildman–Crippen MR) is 146 cm³/mol. The van der Waals surface area contributed by atoms with Crippen molar-refractivity contribution in [2.45, 2.75) is 64.3 Å². The molecule has 0 aliphatic carbocycles. The van der Waals surface area contributed by atoms with E-state index < -0.39 is 20.0 Å². The Morgan fingerprint density at radius 2 is 1.42 bits per heavy atom. The molecule has 0 radical (unpaired) electrons. The number of carbonyl (C=O) groups excluding carboxylic acids is 1. The minimum Gasteiger partial charge on any atom is -0.444 e. The lowest BCUT2D eigenvalue weighted by molar-refractivity contribution is 0.0196. The minimum absolute atomic E-state index is 0.133. The van der Waals surface area contributed by atoms with Crippen molar-refractivity contribution in [3.8, 4) is 0 Å². The second-order valence-electron chi connectivity index (χ2n) is 10.2. The Labute approximate surface area is 213 Å². The molecule has 0 bridgehead atoms. The van der Waals surface area contributed by atoms with Gasteiger partial charge in [-0.25, -0.2) is 4.79 Å². The van der Waals surface area contributed by atoms with Crippen molar-refractivity contribution in [2.24, 2.45) is 0 Å². The highest BCUT2D eigenvalue weighted by Crippen LogP contribution is 2.37. The number of hydrogen-bond acceptors (Lipinski definition) is 4. The molecule has 0 saturated carbocycles. The summed E-state index contributed by atoms with van der Waals surface area (Å²) in [7, 11) is -1.03. The van der Waals surface area contributed by atoms with Crippen LogP contribution in [0.15, 0.2) is 60.7 Å². The summed E-state index contributed by atoms with van der Waals surface area (Å²) < 4.78 is 19.0. The molecule has 0 unspecified atom stereocenters. The minimum atomic E-state index is -2.69. The molecule has 0 spiro atoms. The topological polar surface area (TPSA) is 56.8 Å². The number of carbonyl (C=O) groups is 1. The van der Waals surface area contributed by atoms with Gasteiger partial charge in [0.1, 0.15) is 11.7 Å². The molecule has 0 fully saturated rings. The largest absolute Gasteiger partial charge is 0.444 e. The van der Waals surface area contributed by atoms with E-state index in [0.717, 1.165) is 0 Å². The van der Waals surface area contributed by atoms with Crippen LogP contribution in [0.5, 0.6) is 0 Å². The average Bonchev–Trinajstić information content (AvgIpc) is 2.75. The van der Waals surface area contributed by atoms with Crippen molar-refractivity contribution in [3.63, 3.8) is 0 Å². The van der Waals surface area contributed by atoms with Gasteiger partial charge >= 0.3 is 6.09 Å². The van der Waals surface area contributed by atoms with Gasteiger partial charge in [-0.2, -0.15) is 0 Å². The molecule has 7 heteroatoms. The molecule has 0 heterocycles. The van der Waals surface area contributed by atoms with E-state index in [2.05, 4.69) is 97.2 Å². The van der Waals surface area contributed by atoms with E-state index >= 15 is 0 Å². The molecule has 2 aromatic rings. The molecular weight excluding hydrogens is 545 g/mol. The number of alkyl carbamates (subject to hydrolysis) is 1. The number of methoxy groups -OCH3 is 1. The summed E-state index contributed by atoms with van der Waals surface area (Å²) in [4.78, 5) is 12.4. The van der Waals surface area contributed by atoms with Crippen LogP contribution in [-0.2, 0) is 13.9 Å². The van der Waals surface area contributed by atoms with E-state index in [0.29, 0.717) is 11.0 Å². The van der Waals surface area contributed by atoms with Crippen LogP contribution in [0, 0.1) is 0 Å². The monoisotopic (exact) mass is 583 g/mol. The quantitative estimate of drug-likeness (QED) is 0.259. The van der Waals surface area contributed by atoms with Crippen LogP contribution in [0.1, 0.15) is 41.5 Å². The van der Waals surface area contributed by atoms with Gasteiger partial charge in [0.05, 0.1) is 12.6 Å². The zero-order chi connectivity index (χ0) is 24.7. The van der Waals surface area contributed by atoms with Gasteiger partial charge in [0.2, 0.25) is 0 Å². The smallest absolute Gasteiger partial charge is 0.407 e. The van der Waals surface area contributed by atoms with Crippen LogP contribution in [0.4, 0.5) is 4.79 Å². The molecule has 0 aliphatic heterocycles. The van der Waals surface area contributed by atoms with Crippen molar-refractivity contribution < 1.29 is 18.7 Å². The SMILES string of the molecule is CO[C@H](CO[Si](c1ccccc1)(c1ccccc1)C(C)(C)C)[C@@H](CI)NC(=O)OC(C)(C)C. The number of ether oxygens (including phenoxy) is 2. The maximum atomic E-state index is 12.4. The Morgan fingerprint density at radius 1 is 0.939 bits per heavy atom. The first-order valence-corrected chi connectivity index (χ1v) is 14.7. The maximum absolute atomic E-state index is 12.4. The number of benzene rings is 2. The molecule has 0 aromatic heterocycles. The molecule has 5 nitrogen and oxygen atoms in total. The molecule has 1 N–H and O–H groups in total. The van der Waals surface area contributed by atoms with Crippen molar-refractivity contribution in [1.82, 2.24) is 5.32 Å². The lowest BCUT2D eigenvalue weighted by atomic mass is 10.2. The third kappa shape index (κ3) is 7.28. The zero-order valence-corrected chi connectivity index (χ0v) is 24.0. The van der Waals surface area contributed by atoms with E-state index in [-0.39, 0.29) is 17.2 Å². The zero-order valence-electron chi connectivity index (χ0n) is 20.9. The first-order valence-electron chi connectivity index (χ1n) is 11.3. The average molecular weight is 584 g/mol. The van der Waals surface area contributed by atoms with Gasteiger partial charge in [-0.3, -0.25) is 0 Å². The molecule has 33 heavy (non-hydrogen) atoms. The summed E-state index contributed by atoms with van der Waals surface area (Å²) in [6.45, 7) is 12.7. The third-order valence-corrected chi connectivity index (χ3v) is 11.5. The Morgan fingerprint density at radius 3 is 1.79 bits per heavy atom. The molecule has 182 valence electrons. The van der Waals surface area contributed by atoms with Crippen LogP contribution in [0.2, 0.25) is 5.04 Å². The third-order valence-electron chi connectivity index (χ3n) is 5.50. The standard InChI is InChI=1S/C26H38INO4Si/c1-25(2,3)32-24(29)28-22(18-27)23(30-7)19-31-33(26(4,5)6,20-14-10-8-11-15-20)21-16-12-9-13-17-21/h8-17,22-23H,18-19H2,1-7H3,(H,28,29)/t22-,23-/m1/s1. The fourth-order valence-electron chi connectivity index (χ4n) is 4.01. The normalized spacial score (nSPS) is 14.4. The number of alkyl halides is 1. The Bertz CT molecular complexity index is 826. The summed E-state index contributed by atoms with van der Waals surface area (Å²) in [6, 6.07) is 20.8. The summed E-state index contributed by atoms with van der Waals surface area (Å²) in [6.07, 6.45) is -0.771. The summed E-state index contributed by atoms with van der Waals surface area (Å²) >= 11 is 2.26. The van der Waals surface area contributed by atoms with Gasteiger partial charge in [-0.15, -0.1) is 0 Å². The van der Waals surface area contributed by atoms with Gasteiger partial charge < -0.3 is 19.2 Å². The van der Waals surface area contributed by atoms with Gasteiger partial charge in [-0.05, 0) is 36.2 Å². The second kappa shape index (κ2) is 11.8. The van der Waals surface area contributed by atoms with E-state index in [4.69, 9.17) is 13.9 Å². The van der Waals surface area contributed by atoms with Gasteiger partial charge in [0.25, 0.3) is 8.32 Å². The molecular formula is C26H38INO4Si. The van der Waals surface area contributed by atoms with Crippen LogP contribution in [0.25, 0.3) is 0 Å². The number of hydrogen-bond donors (Lipinski definition) is 1. The van der Waals surface area contributed by atoms with Crippen molar-refractivity contribution in [1.29, 1.82) is 0 Å². The molecule has 0 saturated heterocycles. The van der Waals surface area contributed by atoms with E-state index in [1.165, 1.54) is 10.4 Å². The number of halogens is 1. The first kappa shape index (κ1) is 27.8. The summed E-state index contributed by atoms with van der Waals surface area (Å²) in [5.41, 5.74) is -0.562. The second-order valence-corrected chi connectivity index (χ2v) is 15.3. The van der Waals surface area contributed by atoms with E-state index in [1.54, 1.807) is 7.11 Å². The summed E-state index contributed by atoms with van der Waals surface area (Å²) in [5, 5.41) is 5.26. The lowest BCUT2D eigenvalue weighted by Gasteiger charge is -2.44. The van der Waals surface area contributed by atoms with Crippen molar-refractivity contribution in [2.75, 3.05) is 18.1 Å². The number of rotatable bonds is 9. The van der Waals surface area contributed by atoms with Crippen LogP contribution < -0.4 is 15.7 Å². The van der Waals surface area contributed by atoms with Crippen LogP contribution >= 0.6 is 22.6 Å². The lowest BCUT2D eigenvalue weighted by Crippen LogP contribution is -2.67. The number of nitrogens with one attached hydrogen (secondary N) is 1. The highest BCUT2D eigenvalue weighted by atomic mass is 127. The van der Waals surface area contributed by atoms with Crippen molar-refractivity contribution in [3.05, 3.63) is 60.7 Å². The van der Waals surface area contributed by atoms with Crippen LogP contribution in [-0.4, -0.2) is 50.3 Å². The molecule has 2 aromatic carbocycles. The first-order chi connectivity index (χ1) is 15.4. The molecule has 1 amide bonds. The Kier molecular flexibility index (Phi) is 9.96. The molecule has 0 aliphatic rings. The predicted octanol–water partition coefficient (Wildman–Crippen LogP) is 4.91. The molecule has 2 rings (SSSR count). The van der Waals surface area contributed by atoms with Gasteiger partial charge in [0, 0.05) is 11.5 Å². The Balaban J connectivity index is 2.39.